The molecule has 1 aromatic carbocycles. The fourth-order valence-corrected chi connectivity index (χ4v) is 2.01. The number of hydrogen-bond donors (Lipinski definition) is 2. The highest BCUT2D eigenvalue weighted by molar-refractivity contribution is 5.89. The number of nitrogens with zero attached hydrogens (tertiary/aromatic N) is 2. The highest BCUT2D eigenvalue weighted by Crippen LogP contribution is 2.27. The molecule has 2 rings (SSSR count). The first-order chi connectivity index (χ1) is 10.2. The zero-order chi connectivity index (χ0) is 16.5. The standard InChI is InChI=1S/C16H21N3O3/c1-16(2,3)13-9-14(19(4)18-13)17-11-6-10(15(20)21)7-12(8-11)22-5/h6-9,17H,1-5H3,(H,20,21). The van der Waals surface area contributed by atoms with Gasteiger partial charge >= 0.3 is 5.97 Å². The van der Waals surface area contributed by atoms with Gasteiger partial charge in [0.2, 0.25) is 0 Å². The summed E-state index contributed by atoms with van der Waals surface area (Å²) in [5, 5.41) is 16.8. The molecule has 1 heterocycles. The first-order valence-electron chi connectivity index (χ1n) is 6.94. The molecule has 1 aromatic heterocycles. The van der Waals surface area contributed by atoms with Crippen molar-refractivity contribution in [1.29, 1.82) is 0 Å². The lowest BCUT2D eigenvalue weighted by Crippen LogP contribution is -2.12. The minimum Gasteiger partial charge on any atom is -0.497 e. The number of carboxylic acids is 1. The molecular formula is C16H21N3O3. The van der Waals surface area contributed by atoms with Crippen molar-refractivity contribution in [2.75, 3.05) is 12.4 Å². The number of rotatable bonds is 4. The van der Waals surface area contributed by atoms with Gasteiger partial charge in [0.05, 0.1) is 18.4 Å². The van der Waals surface area contributed by atoms with Crippen LogP contribution in [0.5, 0.6) is 5.75 Å². The largest absolute Gasteiger partial charge is 0.497 e. The minimum atomic E-state index is -0.998. The van der Waals surface area contributed by atoms with E-state index in [1.165, 1.54) is 13.2 Å². The second-order valence-electron chi connectivity index (χ2n) is 6.17. The molecule has 2 N–H and O–H groups in total. The molecule has 0 bridgehead atoms. The summed E-state index contributed by atoms with van der Waals surface area (Å²) in [7, 11) is 3.35. The molecule has 2 aromatic rings. The molecule has 0 unspecified atom stereocenters. The van der Waals surface area contributed by atoms with Crippen LogP contribution in [0.2, 0.25) is 0 Å². The number of aryl methyl sites for hydroxylation is 1. The van der Waals surface area contributed by atoms with Crippen molar-refractivity contribution in [1.82, 2.24) is 9.78 Å². The zero-order valence-corrected chi connectivity index (χ0v) is 13.5. The lowest BCUT2D eigenvalue weighted by Gasteiger charge is -2.13. The molecule has 118 valence electrons. The first kappa shape index (κ1) is 15.9. The monoisotopic (exact) mass is 303 g/mol. The third-order valence-corrected chi connectivity index (χ3v) is 3.31. The van der Waals surface area contributed by atoms with E-state index in [2.05, 4.69) is 31.2 Å². The molecule has 0 aliphatic carbocycles. The van der Waals surface area contributed by atoms with E-state index in [-0.39, 0.29) is 11.0 Å². The number of methoxy groups -OCH3 is 1. The second kappa shape index (κ2) is 5.71. The van der Waals surface area contributed by atoms with Crippen LogP contribution in [0.3, 0.4) is 0 Å². The van der Waals surface area contributed by atoms with Crippen LogP contribution in [0.4, 0.5) is 11.5 Å². The number of aromatic carboxylic acids is 1. The molecular weight excluding hydrogens is 282 g/mol. The van der Waals surface area contributed by atoms with Crippen LogP contribution in [0.15, 0.2) is 24.3 Å². The molecule has 0 fully saturated rings. The van der Waals surface area contributed by atoms with Crippen molar-refractivity contribution in [3.8, 4) is 5.75 Å². The van der Waals surface area contributed by atoms with Gasteiger partial charge in [0.15, 0.2) is 0 Å². The average molecular weight is 303 g/mol. The normalized spacial score (nSPS) is 11.3. The number of carboxylic acid groups (broad SMARTS) is 1. The van der Waals surface area contributed by atoms with Crippen molar-refractivity contribution in [3.05, 3.63) is 35.5 Å². The summed E-state index contributed by atoms with van der Waals surface area (Å²) in [5.74, 6) is 0.275. The Hall–Kier alpha value is -2.50. The topological polar surface area (TPSA) is 76.4 Å². The molecule has 0 radical (unpaired) electrons. The maximum Gasteiger partial charge on any atom is 0.335 e. The molecule has 0 atom stereocenters. The second-order valence-corrected chi connectivity index (χ2v) is 6.17. The van der Waals surface area contributed by atoms with E-state index < -0.39 is 5.97 Å². The predicted molar refractivity (Wildman–Crippen MR) is 85.1 cm³/mol. The minimum absolute atomic E-state index is 0.0572. The van der Waals surface area contributed by atoms with Crippen LogP contribution in [0.1, 0.15) is 36.8 Å². The van der Waals surface area contributed by atoms with Gasteiger partial charge in [-0.25, -0.2) is 4.79 Å². The molecule has 0 saturated heterocycles. The van der Waals surface area contributed by atoms with Crippen LogP contribution in [0, 0.1) is 0 Å². The van der Waals surface area contributed by atoms with Gasteiger partial charge in [-0.3, -0.25) is 4.68 Å². The third-order valence-electron chi connectivity index (χ3n) is 3.31. The van der Waals surface area contributed by atoms with Crippen molar-refractivity contribution in [2.45, 2.75) is 26.2 Å². The van der Waals surface area contributed by atoms with E-state index in [1.54, 1.807) is 16.8 Å². The van der Waals surface area contributed by atoms with Crippen molar-refractivity contribution >= 4 is 17.5 Å². The van der Waals surface area contributed by atoms with Crippen LogP contribution < -0.4 is 10.1 Å². The number of nitrogens with one attached hydrogen (secondary N) is 1. The van der Waals surface area contributed by atoms with E-state index in [4.69, 9.17) is 9.84 Å². The van der Waals surface area contributed by atoms with Crippen LogP contribution in [-0.2, 0) is 12.5 Å². The Kier molecular flexibility index (Phi) is 4.12. The SMILES string of the molecule is COc1cc(Nc2cc(C(C)(C)C)nn2C)cc(C(=O)O)c1. The van der Waals surface area contributed by atoms with Gasteiger partial charge in [-0.15, -0.1) is 0 Å². The zero-order valence-electron chi connectivity index (χ0n) is 13.5. The van der Waals surface area contributed by atoms with E-state index in [0.29, 0.717) is 11.4 Å². The lowest BCUT2D eigenvalue weighted by atomic mass is 9.92. The van der Waals surface area contributed by atoms with Gasteiger partial charge in [-0.1, -0.05) is 20.8 Å². The molecule has 0 aliphatic rings. The molecule has 22 heavy (non-hydrogen) atoms. The number of ether oxygens (including phenoxy) is 1. The Labute approximate surface area is 129 Å². The fraction of sp³-hybridized carbons (Fsp3) is 0.375. The molecule has 6 nitrogen and oxygen atoms in total. The Morgan fingerprint density at radius 1 is 1.27 bits per heavy atom. The number of benzene rings is 1. The fourth-order valence-electron chi connectivity index (χ4n) is 2.01. The van der Waals surface area contributed by atoms with Gasteiger partial charge < -0.3 is 15.2 Å². The Morgan fingerprint density at radius 2 is 1.95 bits per heavy atom. The lowest BCUT2D eigenvalue weighted by molar-refractivity contribution is 0.0696. The molecule has 0 saturated carbocycles. The summed E-state index contributed by atoms with van der Waals surface area (Å²) in [5.41, 5.74) is 1.71. The van der Waals surface area contributed by atoms with E-state index in [9.17, 15) is 4.79 Å². The molecule has 6 heteroatoms. The average Bonchev–Trinajstić information content (AvgIpc) is 2.79. The summed E-state index contributed by atoms with van der Waals surface area (Å²) in [6, 6.07) is 6.75. The Balaban J connectivity index is 2.36. The van der Waals surface area contributed by atoms with Gasteiger partial charge in [0, 0.05) is 30.3 Å². The maximum atomic E-state index is 11.2. The number of hydrogen-bond acceptors (Lipinski definition) is 4. The quantitative estimate of drug-likeness (QED) is 0.907. The summed E-state index contributed by atoms with van der Waals surface area (Å²) >= 11 is 0. The number of anilines is 2. The number of carbonyl (C=O) groups is 1. The van der Waals surface area contributed by atoms with E-state index in [0.717, 1.165) is 11.5 Å². The van der Waals surface area contributed by atoms with Gasteiger partial charge in [-0.05, 0) is 12.1 Å². The maximum absolute atomic E-state index is 11.2. The van der Waals surface area contributed by atoms with E-state index in [1.807, 2.05) is 13.1 Å². The van der Waals surface area contributed by atoms with Crippen LogP contribution >= 0.6 is 0 Å². The third kappa shape index (κ3) is 3.39. The van der Waals surface area contributed by atoms with Crippen LogP contribution in [-0.4, -0.2) is 28.0 Å². The van der Waals surface area contributed by atoms with Gasteiger partial charge in [-0.2, -0.15) is 5.10 Å². The summed E-state index contributed by atoms with van der Waals surface area (Å²) < 4.78 is 6.88. The highest BCUT2D eigenvalue weighted by Gasteiger charge is 2.19. The summed E-state index contributed by atoms with van der Waals surface area (Å²) in [6.07, 6.45) is 0. The van der Waals surface area contributed by atoms with Crippen LogP contribution in [0.25, 0.3) is 0 Å². The predicted octanol–water partition coefficient (Wildman–Crippen LogP) is 3.17. The van der Waals surface area contributed by atoms with Crippen molar-refractivity contribution in [3.63, 3.8) is 0 Å². The summed E-state index contributed by atoms with van der Waals surface area (Å²) in [6.45, 7) is 6.27. The first-order valence-corrected chi connectivity index (χ1v) is 6.94. The van der Waals surface area contributed by atoms with Gasteiger partial charge in [0.25, 0.3) is 0 Å². The molecule has 0 spiro atoms. The smallest absolute Gasteiger partial charge is 0.335 e. The molecule has 0 aliphatic heterocycles. The Bertz CT molecular complexity index is 699. The highest BCUT2D eigenvalue weighted by atomic mass is 16.5. The number of aromatic nitrogens is 2. The summed E-state index contributed by atoms with van der Waals surface area (Å²) in [4.78, 5) is 11.2. The van der Waals surface area contributed by atoms with Crippen molar-refractivity contribution in [2.24, 2.45) is 7.05 Å². The van der Waals surface area contributed by atoms with Crippen molar-refractivity contribution < 1.29 is 14.6 Å². The van der Waals surface area contributed by atoms with Gasteiger partial charge in [0.1, 0.15) is 11.6 Å². The Morgan fingerprint density at radius 3 is 2.45 bits per heavy atom. The molecule has 0 amide bonds. The van der Waals surface area contributed by atoms with E-state index >= 15 is 0 Å².